The summed E-state index contributed by atoms with van der Waals surface area (Å²) in [7, 11) is 0. The fourth-order valence-electron chi connectivity index (χ4n) is 4.39. The summed E-state index contributed by atoms with van der Waals surface area (Å²) in [6.07, 6.45) is 6.32. The number of benzene rings is 1. The minimum absolute atomic E-state index is 0.0658. The summed E-state index contributed by atoms with van der Waals surface area (Å²) in [6.45, 7) is 4.09. The predicted molar refractivity (Wildman–Crippen MR) is 133 cm³/mol. The third-order valence-corrected chi connectivity index (χ3v) is 6.45. The number of hydrogen-bond acceptors (Lipinski definition) is 5. The molecule has 3 heterocycles. The minimum Gasteiger partial charge on any atom is -0.346 e. The second-order valence-electron chi connectivity index (χ2n) is 8.93. The Morgan fingerprint density at radius 1 is 1.03 bits per heavy atom. The molecule has 4 rings (SSSR count). The lowest BCUT2D eigenvalue weighted by Crippen LogP contribution is -2.56. The Hall–Kier alpha value is -3.72. The van der Waals surface area contributed by atoms with E-state index in [0.29, 0.717) is 45.6 Å². The first-order valence-corrected chi connectivity index (χ1v) is 12.0. The third kappa shape index (κ3) is 6.05. The van der Waals surface area contributed by atoms with Crippen LogP contribution in [-0.4, -0.2) is 75.3 Å². The van der Waals surface area contributed by atoms with Crippen molar-refractivity contribution in [3.05, 3.63) is 66.6 Å². The van der Waals surface area contributed by atoms with Gasteiger partial charge in [0.15, 0.2) is 0 Å². The fraction of sp³-hybridized carbons (Fsp3) is 0.385. The lowest BCUT2D eigenvalue weighted by atomic mass is 10.1. The van der Waals surface area contributed by atoms with E-state index in [1.54, 1.807) is 29.1 Å². The van der Waals surface area contributed by atoms with Gasteiger partial charge in [0.1, 0.15) is 6.04 Å². The number of nitrogens with two attached hydrogens (primary N) is 1. The molecule has 2 atom stereocenters. The minimum atomic E-state index is -0.727. The van der Waals surface area contributed by atoms with E-state index in [1.165, 1.54) is 0 Å². The van der Waals surface area contributed by atoms with Gasteiger partial charge in [-0.2, -0.15) is 0 Å². The van der Waals surface area contributed by atoms with E-state index in [-0.39, 0.29) is 17.7 Å². The van der Waals surface area contributed by atoms with Crippen LogP contribution in [0, 0.1) is 0 Å². The van der Waals surface area contributed by atoms with Crippen LogP contribution in [0.4, 0.5) is 0 Å². The first kappa shape index (κ1) is 24.4. The molecule has 1 saturated heterocycles. The quantitative estimate of drug-likeness (QED) is 0.507. The van der Waals surface area contributed by atoms with Gasteiger partial charge in [-0.3, -0.25) is 19.4 Å². The molecule has 1 aromatic carbocycles. The van der Waals surface area contributed by atoms with Gasteiger partial charge in [-0.25, -0.2) is 0 Å². The van der Waals surface area contributed by atoms with Crippen LogP contribution < -0.4 is 11.1 Å². The molecule has 0 radical (unpaired) electrons. The Bertz CT molecular complexity index is 1170. The lowest BCUT2D eigenvalue weighted by Gasteiger charge is -2.36. The number of amides is 3. The molecule has 3 amide bonds. The van der Waals surface area contributed by atoms with Crippen LogP contribution in [0.2, 0.25) is 0 Å². The molecule has 1 aliphatic heterocycles. The highest BCUT2D eigenvalue weighted by molar-refractivity contribution is 5.89. The van der Waals surface area contributed by atoms with Gasteiger partial charge in [0.2, 0.25) is 17.7 Å². The number of carbonyl (C=O) groups is 3. The number of aromatic nitrogens is 2. The lowest BCUT2D eigenvalue weighted by molar-refractivity contribution is -0.141. The molecule has 9 nitrogen and oxygen atoms in total. The maximum Gasteiger partial charge on any atom is 0.244 e. The smallest absolute Gasteiger partial charge is 0.244 e. The Morgan fingerprint density at radius 2 is 1.74 bits per heavy atom. The average molecular weight is 477 g/mol. The summed E-state index contributed by atoms with van der Waals surface area (Å²) in [6, 6.07) is 12.1. The maximum atomic E-state index is 12.9. The molecule has 0 bridgehead atoms. The van der Waals surface area contributed by atoms with Crippen LogP contribution in [0.3, 0.4) is 0 Å². The van der Waals surface area contributed by atoms with E-state index in [4.69, 9.17) is 5.73 Å². The van der Waals surface area contributed by atoms with E-state index in [0.717, 1.165) is 16.5 Å². The second kappa shape index (κ2) is 11.1. The van der Waals surface area contributed by atoms with E-state index >= 15 is 0 Å². The standard InChI is InChI=1S/C26H32N6O3/c1-19(29-25(34)22(27)17-20-5-3-2-4-6-20)26(35)32-15-13-31(14-16-32)24(33)9-12-30-11-8-21-7-10-28-18-23(21)30/h2-8,10-11,18-19,22H,9,12-17,27H2,1H3,(H,29,34). The maximum absolute atomic E-state index is 12.9. The summed E-state index contributed by atoms with van der Waals surface area (Å²) in [5, 5.41) is 3.84. The van der Waals surface area contributed by atoms with Gasteiger partial charge >= 0.3 is 0 Å². The third-order valence-electron chi connectivity index (χ3n) is 6.45. The molecule has 2 aromatic heterocycles. The van der Waals surface area contributed by atoms with Gasteiger partial charge < -0.3 is 25.4 Å². The first-order chi connectivity index (χ1) is 16.9. The van der Waals surface area contributed by atoms with Crippen LogP contribution in [-0.2, 0) is 27.3 Å². The van der Waals surface area contributed by atoms with Crippen LogP contribution in [0.1, 0.15) is 18.9 Å². The highest BCUT2D eigenvalue weighted by Crippen LogP contribution is 2.15. The van der Waals surface area contributed by atoms with E-state index in [2.05, 4.69) is 10.3 Å². The Morgan fingerprint density at radius 3 is 2.49 bits per heavy atom. The second-order valence-corrected chi connectivity index (χ2v) is 8.93. The number of hydrogen-bond donors (Lipinski definition) is 2. The van der Waals surface area contributed by atoms with E-state index in [9.17, 15) is 14.4 Å². The largest absolute Gasteiger partial charge is 0.346 e. The SMILES string of the molecule is CC(NC(=O)C(N)Cc1ccccc1)C(=O)N1CCN(C(=O)CCn2ccc3ccncc32)CC1. The van der Waals surface area contributed by atoms with Crippen molar-refractivity contribution < 1.29 is 14.4 Å². The van der Waals surface area contributed by atoms with Crippen molar-refractivity contribution in [2.45, 2.75) is 38.4 Å². The number of nitrogens with zero attached hydrogens (tertiary/aromatic N) is 4. The summed E-state index contributed by atoms with van der Waals surface area (Å²) in [5.41, 5.74) is 8.01. The van der Waals surface area contributed by atoms with Crippen molar-refractivity contribution >= 4 is 28.6 Å². The number of carbonyl (C=O) groups excluding carboxylic acids is 3. The van der Waals surface area contributed by atoms with Crippen LogP contribution >= 0.6 is 0 Å². The van der Waals surface area contributed by atoms with Gasteiger partial charge in [-0.15, -0.1) is 0 Å². The fourth-order valence-corrected chi connectivity index (χ4v) is 4.39. The number of aryl methyl sites for hydroxylation is 1. The van der Waals surface area contributed by atoms with Crippen molar-refractivity contribution in [3.63, 3.8) is 0 Å². The molecule has 1 aliphatic rings. The summed E-state index contributed by atoms with van der Waals surface area (Å²) >= 11 is 0. The highest BCUT2D eigenvalue weighted by Gasteiger charge is 2.28. The molecule has 2 unspecified atom stereocenters. The average Bonchev–Trinajstić information content (AvgIpc) is 3.30. The molecule has 35 heavy (non-hydrogen) atoms. The van der Waals surface area contributed by atoms with Crippen LogP contribution in [0.5, 0.6) is 0 Å². The Balaban J connectivity index is 1.21. The Labute approximate surface area is 204 Å². The van der Waals surface area contributed by atoms with Gasteiger partial charge in [-0.1, -0.05) is 30.3 Å². The van der Waals surface area contributed by atoms with Crippen LogP contribution in [0.25, 0.3) is 10.9 Å². The van der Waals surface area contributed by atoms with Gasteiger partial charge in [-0.05, 0) is 31.0 Å². The summed E-state index contributed by atoms with van der Waals surface area (Å²) in [5.74, 6) is -0.448. The molecule has 9 heteroatoms. The normalized spacial score (nSPS) is 15.6. The van der Waals surface area contributed by atoms with Crippen molar-refractivity contribution in [3.8, 4) is 0 Å². The predicted octanol–water partition coefficient (Wildman–Crippen LogP) is 1.17. The zero-order valence-corrected chi connectivity index (χ0v) is 20.0. The van der Waals surface area contributed by atoms with Crippen molar-refractivity contribution in [2.75, 3.05) is 26.2 Å². The highest BCUT2D eigenvalue weighted by atomic mass is 16.2. The molecular weight excluding hydrogens is 444 g/mol. The molecule has 0 saturated carbocycles. The van der Waals surface area contributed by atoms with Crippen molar-refractivity contribution in [1.82, 2.24) is 24.7 Å². The van der Waals surface area contributed by atoms with Gasteiger partial charge in [0.25, 0.3) is 0 Å². The van der Waals surface area contributed by atoms with Crippen molar-refractivity contribution in [2.24, 2.45) is 5.73 Å². The zero-order chi connectivity index (χ0) is 24.8. The van der Waals surface area contributed by atoms with Crippen LogP contribution in [0.15, 0.2) is 61.1 Å². The number of fused-ring (bicyclic) bond motifs is 1. The molecule has 0 spiro atoms. The number of pyridine rings is 1. The molecule has 1 fully saturated rings. The van der Waals surface area contributed by atoms with Gasteiger partial charge in [0.05, 0.1) is 17.8 Å². The monoisotopic (exact) mass is 476 g/mol. The van der Waals surface area contributed by atoms with Gasteiger partial charge in [0, 0.05) is 56.9 Å². The molecule has 3 aromatic rings. The first-order valence-electron chi connectivity index (χ1n) is 12.0. The Kier molecular flexibility index (Phi) is 7.77. The number of rotatable bonds is 8. The van der Waals surface area contributed by atoms with Crippen molar-refractivity contribution in [1.29, 1.82) is 0 Å². The summed E-state index contributed by atoms with van der Waals surface area (Å²) in [4.78, 5) is 45.7. The van der Waals surface area contributed by atoms with E-state index in [1.807, 2.05) is 53.2 Å². The zero-order valence-electron chi connectivity index (χ0n) is 20.0. The topological polar surface area (TPSA) is 114 Å². The molecule has 184 valence electrons. The molecular formula is C26H32N6O3. The molecule has 0 aliphatic carbocycles. The molecule has 3 N–H and O–H groups in total. The summed E-state index contributed by atoms with van der Waals surface area (Å²) < 4.78 is 2.03. The van der Waals surface area contributed by atoms with E-state index < -0.39 is 12.1 Å². The number of nitrogens with one attached hydrogen (secondary N) is 1. The number of piperazine rings is 1.